The summed E-state index contributed by atoms with van der Waals surface area (Å²) < 4.78 is 0. The van der Waals surface area contributed by atoms with E-state index in [1.807, 2.05) is 31.2 Å². The molecule has 1 atom stereocenters. The predicted molar refractivity (Wildman–Crippen MR) is 69.5 cm³/mol. The maximum Gasteiger partial charge on any atom is 0.0412 e. The summed E-state index contributed by atoms with van der Waals surface area (Å²) in [5.41, 5.74) is 9.24. The molecule has 2 rings (SSSR count). The summed E-state index contributed by atoms with van der Waals surface area (Å²) in [7, 11) is 0. The first kappa shape index (κ1) is 11.2. The van der Waals surface area contributed by atoms with Crippen molar-refractivity contribution in [3.8, 4) is 11.1 Å². The Morgan fingerprint density at radius 2 is 1.69 bits per heavy atom. The van der Waals surface area contributed by atoms with Crippen LogP contribution in [0, 0.1) is 0 Å². The minimum absolute atomic E-state index is 0.0772. The van der Waals surface area contributed by atoms with E-state index in [2.05, 4.69) is 24.3 Å². The van der Waals surface area contributed by atoms with Gasteiger partial charge in [0.1, 0.15) is 0 Å². The molecule has 0 aromatic heterocycles. The number of hydrogen-bond acceptors (Lipinski definition) is 1. The molecule has 82 valence electrons. The third-order valence-electron chi connectivity index (χ3n) is 2.59. The van der Waals surface area contributed by atoms with Crippen molar-refractivity contribution in [3.05, 3.63) is 59.1 Å². The number of rotatable bonds is 2. The van der Waals surface area contributed by atoms with Crippen LogP contribution in [0.2, 0.25) is 5.02 Å². The second kappa shape index (κ2) is 4.69. The van der Waals surface area contributed by atoms with Crippen LogP contribution in [0.3, 0.4) is 0 Å². The molecule has 2 aromatic carbocycles. The highest BCUT2D eigenvalue weighted by molar-refractivity contribution is 6.30. The topological polar surface area (TPSA) is 26.0 Å². The number of benzene rings is 2. The smallest absolute Gasteiger partial charge is 0.0412 e. The van der Waals surface area contributed by atoms with Crippen molar-refractivity contribution < 1.29 is 0 Å². The molecule has 2 heteroatoms. The molecule has 0 radical (unpaired) electrons. The van der Waals surface area contributed by atoms with E-state index < -0.39 is 0 Å². The zero-order valence-corrected chi connectivity index (χ0v) is 9.91. The van der Waals surface area contributed by atoms with Gasteiger partial charge in [-0.05, 0) is 35.7 Å². The summed E-state index contributed by atoms with van der Waals surface area (Å²) in [6, 6.07) is 16.2. The third kappa shape index (κ3) is 2.43. The highest BCUT2D eigenvalue weighted by atomic mass is 35.5. The SMILES string of the molecule is C[C@H](N)c1ccc(-c2cccc(Cl)c2)cc1. The molecule has 0 fully saturated rings. The van der Waals surface area contributed by atoms with Crippen LogP contribution in [-0.2, 0) is 0 Å². The summed E-state index contributed by atoms with van der Waals surface area (Å²) in [6.45, 7) is 1.98. The Morgan fingerprint density at radius 1 is 1.00 bits per heavy atom. The molecule has 0 aliphatic carbocycles. The first-order valence-electron chi connectivity index (χ1n) is 5.28. The van der Waals surface area contributed by atoms with Crippen molar-refractivity contribution in [1.82, 2.24) is 0 Å². The monoisotopic (exact) mass is 231 g/mol. The standard InChI is InChI=1S/C14H14ClN/c1-10(16)11-5-7-12(8-6-11)13-3-2-4-14(15)9-13/h2-10H,16H2,1H3/t10-/m0/s1. The fourth-order valence-electron chi connectivity index (χ4n) is 1.65. The largest absolute Gasteiger partial charge is 0.324 e. The minimum Gasteiger partial charge on any atom is -0.324 e. The van der Waals surface area contributed by atoms with Crippen LogP contribution in [0.5, 0.6) is 0 Å². The lowest BCUT2D eigenvalue weighted by atomic mass is 10.0. The van der Waals surface area contributed by atoms with Crippen molar-refractivity contribution in [1.29, 1.82) is 0 Å². The molecule has 2 aromatic rings. The van der Waals surface area contributed by atoms with Crippen LogP contribution in [0.25, 0.3) is 11.1 Å². The van der Waals surface area contributed by atoms with Gasteiger partial charge in [-0.25, -0.2) is 0 Å². The van der Waals surface area contributed by atoms with E-state index >= 15 is 0 Å². The average Bonchev–Trinajstić information content (AvgIpc) is 2.29. The van der Waals surface area contributed by atoms with Gasteiger partial charge < -0.3 is 5.73 Å². The Bertz CT molecular complexity index is 474. The van der Waals surface area contributed by atoms with Crippen molar-refractivity contribution >= 4 is 11.6 Å². The van der Waals surface area contributed by atoms with Gasteiger partial charge in [0.05, 0.1) is 0 Å². The molecular formula is C14H14ClN. The van der Waals surface area contributed by atoms with Crippen LogP contribution in [0.1, 0.15) is 18.5 Å². The van der Waals surface area contributed by atoms with E-state index in [0.717, 1.165) is 21.7 Å². The highest BCUT2D eigenvalue weighted by Crippen LogP contribution is 2.23. The summed E-state index contributed by atoms with van der Waals surface area (Å²) in [6.07, 6.45) is 0. The van der Waals surface area contributed by atoms with Crippen LogP contribution in [0.15, 0.2) is 48.5 Å². The highest BCUT2D eigenvalue weighted by Gasteiger charge is 2.01. The quantitative estimate of drug-likeness (QED) is 0.830. The molecule has 0 bridgehead atoms. The van der Waals surface area contributed by atoms with Crippen molar-refractivity contribution in [3.63, 3.8) is 0 Å². The maximum atomic E-state index is 5.96. The second-order valence-corrected chi connectivity index (χ2v) is 4.36. The lowest BCUT2D eigenvalue weighted by Gasteiger charge is -2.07. The first-order valence-corrected chi connectivity index (χ1v) is 5.66. The van der Waals surface area contributed by atoms with Gasteiger partial charge in [-0.2, -0.15) is 0 Å². The number of nitrogens with two attached hydrogens (primary N) is 1. The van der Waals surface area contributed by atoms with Gasteiger partial charge in [0.15, 0.2) is 0 Å². The molecule has 0 heterocycles. The molecule has 0 aliphatic rings. The van der Waals surface area contributed by atoms with Crippen LogP contribution >= 0.6 is 11.6 Å². The lowest BCUT2D eigenvalue weighted by molar-refractivity contribution is 0.818. The Morgan fingerprint density at radius 3 is 2.25 bits per heavy atom. The average molecular weight is 232 g/mol. The fourth-order valence-corrected chi connectivity index (χ4v) is 1.84. The van der Waals surface area contributed by atoms with Crippen LogP contribution < -0.4 is 5.73 Å². The molecule has 2 N–H and O–H groups in total. The molecular weight excluding hydrogens is 218 g/mol. The number of halogens is 1. The molecule has 0 saturated heterocycles. The van der Waals surface area contributed by atoms with Crippen molar-refractivity contribution in [2.75, 3.05) is 0 Å². The van der Waals surface area contributed by atoms with E-state index in [9.17, 15) is 0 Å². The van der Waals surface area contributed by atoms with Crippen molar-refractivity contribution in [2.45, 2.75) is 13.0 Å². The molecule has 0 amide bonds. The van der Waals surface area contributed by atoms with E-state index in [-0.39, 0.29) is 6.04 Å². The first-order chi connectivity index (χ1) is 7.66. The van der Waals surface area contributed by atoms with Gasteiger partial charge in [0.25, 0.3) is 0 Å². The molecule has 0 unspecified atom stereocenters. The van der Waals surface area contributed by atoms with Gasteiger partial charge in [0, 0.05) is 11.1 Å². The Kier molecular flexibility index (Phi) is 3.28. The molecule has 0 aliphatic heterocycles. The van der Waals surface area contributed by atoms with E-state index in [0.29, 0.717) is 0 Å². The predicted octanol–water partition coefficient (Wildman–Crippen LogP) is 4.03. The van der Waals surface area contributed by atoms with Gasteiger partial charge in [-0.1, -0.05) is 48.0 Å². The van der Waals surface area contributed by atoms with Gasteiger partial charge in [-0.3, -0.25) is 0 Å². The zero-order chi connectivity index (χ0) is 11.5. The molecule has 16 heavy (non-hydrogen) atoms. The van der Waals surface area contributed by atoms with E-state index in [1.165, 1.54) is 0 Å². The molecule has 0 saturated carbocycles. The molecule has 0 spiro atoms. The summed E-state index contributed by atoms with van der Waals surface area (Å²) in [5, 5.41) is 0.758. The Hall–Kier alpha value is -1.31. The minimum atomic E-state index is 0.0772. The van der Waals surface area contributed by atoms with E-state index in [1.54, 1.807) is 0 Å². The van der Waals surface area contributed by atoms with Gasteiger partial charge >= 0.3 is 0 Å². The summed E-state index contributed by atoms with van der Waals surface area (Å²) in [5.74, 6) is 0. The Balaban J connectivity index is 2.35. The van der Waals surface area contributed by atoms with Gasteiger partial charge in [-0.15, -0.1) is 0 Å². The Labute approximate surface area is 101 Å². The van der Waals surface area contributed by atoms with Crippen LogP contribution in [-0.4, -0.2) is 0 Å². The summed E-state index contributed by atoms with van der Waals surface area (Å²) in [4.78, 5) is 0. The number of hydrogen-bond donors (Lipinski definition) is 1. The summed E-state index contributed by atoms with van der Waals surface area (Å²) >= 11 is 5.96. The van der Waals surface area contributed by atoms with Gasteiger partial charge in [0.2, 0.25) is 0 Å². The third-order valence-corrected chi connectivity index (χ3v) is 2.83. The maximum absolute atomic E-state index is 5.96. The second-order valence-electron chi connectivity index (χ2n) is 3.92. The molecule has 1 nitrogen and oxygen atoms in total. The fraction of sp³-hybridized carbons (Fsp3) is 0.143. The zero-order valence-electron chi connectivity index (χ0n) is 9.15. The van der Waals surface area contributed by atoms with Crippen molar-refractivity contribution in [2.24, 2.45) is 5.73 Å². The normalized spacial score (nSPS) is 12.4. The lowest BCUT2D eigenvalue weighted by Crippen LogP contribution is -2.04. The van der Waals surface area contributed by atoms with Crippen LogP contribution in [0.4, 0.5) is 0 Å². The van der Waals surface area contributed by atoms with E-state index in [4.69, 9.17) is 17.3 Å².